The number of esters is 1. The number of amides is 1. The summed E-state index contributed by atoms with van der Waals surface area (Å²) in [5, 5.41) is 0. The second kappa shape index (κ2) is 9.36. The van der Waals surface area contributed by atoms with Gasteiger partial charge >= 0.3 is 27.7 Å². The van der Waals surface area contributed by atoms with Gasteiger partial charge in [0.05, 0.1) is 23.7 Å². The zero-order chi connectivity index (χ0) is 26.2. The molecule has 0 saturated carbocycles. The first kappa shape index (κ1) is 26.2. The number of piperazine rings is 1. The smallest absolute Gasteiger partial charge is 0.465 e. The molecular formula is C20H23F3N4O7S. The molecule has 0 unspecified atom stereocenters. The predicted molar refractivity (Wildman–Crippen MR) is 117 cm³/mol. The topological polar surface area (TPSA) is 128 Å². The van der Waals surface area contributed by atoms with E-state index < -0.39 is 39.2 Å². The Kier molecular flexibility index (Phi) is 7.02. The van der Waals surface area contributed by atoms with Gasteiger partial charge in [-0.15, -0.1) is 0 Å². The highest BCUT2D eigenvalue weighted by molar-refractivity contribution is 7.88. The summed E-state index contributed by atoms with van der Waals surface area (Å²) in [7, 11) is -4.87. The van der Waals surface area contributed by atoms with Crippen LogP contribution in [-0.4, -0.2) is 79.7 Å². The van der Waals surface area contributed by atoms with E-state index in [0.29, 0.717) is 0 Å². The molecule has 2 aromatic rings. The Labute approximate surface area is 198 Å². The maximum absolute atomic E-state index is 13.0. The van der Waals surface area contributed by atoms with Crippen LogP contribution in [0.3, 0.4) is 0 Å². The number of carbonyl (C=O) groups excluding carboxylic acids is 2. The van der Waals surface area contributed by atoms with Crippen LogP contribution in [-0.2, 0) is 19.6 Å². The number of hydrogen-bond donors (Lipinski definition) is 0. The zero-order valence-electron chi connectivity index (χ0n) is 19.2. The van der Waals surface area contributed by atoms with Crippen LogP contribution in [0, 0.1) is 0 Å². The van der Waals surface area contributed by atoms with Gasteiger partial charge in [-0.1, -0.05) is 0 Å². The number of methoxy groups -OCH3 is 1. The van der Waals surface area contributed by atoms with E-state index in [1.807, 2.05) is 0 Å². The van der Waals surface area contributed by atoms with E-state index in [4.69, 9.17) is 4.74 Å². The minimum atomic E-state index is -6.04. The lowest BCUT2D eigenvalue weighted by Crippen LogP contribution is -2.50. The molecule has 0 N–H and O–H groups in total. The van der Waals surface area contributed by atoms with E-state index in [2.05, 4.69) is 18.9 Å². The van der Waals surface area contributed by atoms with Crippen molar-refractivity contribution in [2.45, 2.75) is 31.9 Å². The van der Waals surface area contributed by atoms with Crippen molar-refractivity contribution < 1.29 is 44.8 Å². The molecule has 1 aromatic carbocycles. The minimum absolute atomic E-state index is 0.0128. The number of carbonyl (C=O) groups is 2. The average Bonchev–Trinajstić information content (AvgIpc) is 2.75. The van der Waals surface area contributed by atoms with E-state index in [0.717, 1.165) is 0 Å². The Bertz CT molecular complexity index is 1240. The van der Waals surface area contributed by atoms with Gasteiger partial charge in [0.25, 0.3) is 5.88 Å². The minimum Gasteiger partial charge on any atom is -0.465 e. The van der Waals surface area contributed by atoms with Crippen molar-refractivity contribution in [3.8, 4) is 5.88 Å². The maximum atomic E-state index is 13.0. The number of alkyl halides is 3. The highest BCUT2D eigenvalue weighted by Crippen LogP contribution is 2.33. The number of rotatable bonds is 4. The maximum Gasteiger partial charge on any atom is 0.534 e. The Hall–Kier alpha value is -3.36. The van der Waals surface area contributed by atoms with E-state index in [1.54, 1.807) is 20.8 Å². The van der Waals surface area contributed by atoms with Crippen LogP contribution >= 0.6 is 0 Å². The van der Waals surface area contributed by atoms with E-state index in [-0.39, 0.29) is 48.6 Å². The van der Waals surface area contributed by atoms with Crippen molar-refractivity contribution in [1.29, 1.82) is 0 Å². The molecule has 35 heavy (non-hydrogen) atoms. The highest BCUT2D eigenvalue weighted by atomic mass is 32.2. The number of anilines is 1. The predicted octanol–water partition coefficient (Wildman–Crippen LogP) is 2.70. The molecule has 2 heterocycles. The van der Waals surface area contributed by atoms with Gasteiger partial charge in [0, 0.05) is 26.2 Å². The van der Waals surface area contributed by atoms with Gasteiger partial charge in [0.15, 0.2) is 5.82 Å². The summed E-state index contributed by atoms with van der Waals surface area (Å²) in [4.78, 5) is 35.1. The molecule has 0 aliphatic carbocycles. The molecule has 11 nitrogen and oxygen atoms in total. The number of halogens is 3. The molecule has 0 bridgehead atoms. The number of ether oxygens (including phenoxy) is 2. The normalized spacial score (nSPS) is 15.2. The summed E-state index contributed by atoms with van der Waals surface area (Å²) in [6.07, 6.45) is -0.569. The Morgan fingerprint density at radius 3 is 2.17 bits per heavy atom. The fraction of sp³-hybridized carbons (Fsp3) is 0.500. The molecular weight excluding hydrogens is 497 g/mol. The summed E-state index contributed by atoms with van der Waals surface area (Å²) in [6, 6.07) is 3.87. The number of benzene rings is 1. The zero-order valence-corrected chi connectivity index (χ0v) is 20.1. The molecule has 0 radical (unpaired) electrons. The SMILES string of the molecule is COC(=O)c1ccc2nc(OS(=O)(=O)C(F)(F)F)c(N3CCN(C(=O)OC(C)(C)C)CC3)nc2c1. The molecule has 0 spiro atoms. The summed E-state index contributed by atoms with van der Waals surface area (Å²) in [5.74, 6) is -1.86. The average molecular weight is 520 g/mol. The molecule has 1 saturated heterocycles. The summed E-state index contributed by atoms with van der Waals surface area (Å²) in [6.45, 7) is 5.49. The number of nitrogens with zero attached hydrogens (tertiary/aromatic N) is 4. The second-order valence-corrected chi connectivity index (χ2v) is 10.0. The van der Waals surface area contributed by atoms with Crippen molar-refractivity contribution in [2.24, 2.45) is 0 Å². The lowest BCUT2D eigenvalue weighted by atomic mass is 10.2. The fourth-order valence-corrected chi connectivity index (χ4v) is 3.53. The van der Waals surface area contributed by atoms with Gasteiger partial charge in [-0.25, -0.2) is 19.6 Å². The van der Waals surface area contributed by atoms with Crippen LogP contribution in [0.1, 0.15) is 31.1 Å². The van der Waals surface area contributed by atoms with Gasteiger partial charge in [0.1, 0.15) is 5.60 Å². The summed E-state index contributed by atoms with van der Waals surface area (Å²) in [5.41, 5.74) is -6.23. The standard InChI is InChI=1S/C20H23F3N4O7S/c1-19(2,3)33-18(29)27-9-7-26(8-10-27)15-16(34-35(30,31)20(21,22)23)25-13-6-5-12(17(28)32-4)11-14(13)24-15/h5-6,11H,7-10H2,1-4H3. The van der Waals surface area contributed by atoms with Crippen molar-refractivity contribution in [3.05, 3.63) is 23.8 Å². The Morgan fingerprint density at radius 1 is 1.00 bits per heavy atom. The third kappa shape index (κ3) is 6.01. The number of fused-ring (bicyclic) bond motifs is 1. The van der Waals surface area contributed by atoms with Crippen molar-refractivity contribution in [3.63, 3.8) is 0 Å². The lowest BCUT2D eigenvalue weighted by molar-refractivity contribution is -0.0501. The largest absolute Gasteiger partial charge is 0.534 e. The summed E-state index contributed by atoms with van der Waals surface area (Å²) < 4.78 is 76.6. The van der Waals surface area contributed by atoms with Gasteiger partial charge in [-0.05, 0) is 39.0 Å². The number of aromatic nitrogens is 2. The van der Waals surface area contributed by atoms with Crippen LogP contribution in [0.15, 0.2) is 18.2 Å². The van der Waals surface area contributed by atoms with Gasteiger partial charge in [-0.2, -0.15) is 21.6 Å². The monoisotopic (exact) mass is 520 g/mol. The van der Waals surface area contributed by atoms with Gasteiger partial charge in [-0.3, -0.25) is 0 Å². The van der Waals surface area contributed by atoms with Gasteiger partial charge in [0.2, 0.25) is 0 Å². The first-order valence-corrected chi connectivity index (χ1v) is 11.7. The third-order valence-electron chi connectivity index (χ3n) is 4.74. The first-order valence-electron chi connectivity index (χ1n) is 10.2. The Morgan fingerprint density at radius 2 is 1.63 bits per heavy atom. The molecule has 0 atom stereocenters. The third-order valence-corrected chi connectivity index (χ3v) is 5.68. The van der Waals surface area contributed by atoms with Crippen molar-refractivity contribution >= 4 is 39.0 Å². The molecule has 192 valence electrons. The molecule has 1 amide bonds. The first-order chi connectivity index (χ1) is 16.1. The van der Waals surface area contributed by atoms with E-state index in [1.165, 1.54) is 35.1 Å². The van der Waals surface area contributed by atoms with Crippen LogP contribution in [0.5, 0.6) is 5.88 Å². The molecule has 1 aliphatic rings. The highest BCUT2D eigenvalue weighted by Gasteiger charge is 2.49. The Balaban J connectivity index is 1.98. The second-order valence-electron chi connectivity index (χ2n) is 8.49. The van der Waals surface area contributed by atoms with Crippen molar-refractivity contribution in [1.82, 2.24) is 14.9 Å². The van der Waals surface area contributed by atoms with Crippen LogP contribution in [0.25, 0.3) is 11.0 Å². The summed E-state index contributed by atoms with van der Waals surface area (Å²) >= 11 is 0. The molecule has 1 aliphatic heterocycles. The molecule has 3 rings (SSSR count). The fourth-order valence-electron chi connectivity index (χ4n) is 3.11. The lowest BCUT2D eigenvalue weighted by Gasteiger charge is -2.36. The van der Waals surface area contributed by atoms with Crippen molar-refractivity contribution in [2.75, 3.05) is 38.2 Å². The van der Waals surface area contributed by atoms with Crippen LogP contribution in [0.4, 0.5) is 23.8 Å². The van der Waals surface area contributed by atoms with E-state index >= 15 is 0 Å². The van der Waals surface area contributed by atoms with Crippen LogP contribution in [0.2, 0.25) is 0 Å². The quantitative estimate of drug-likeness (QED) is 0.337. The molecule has 15 heteroatoms. The molecule has 1 fully saturated rings. The molecule has 1 aromatic heterocycles. The van der Waals surface area contributed by atoms with Crippen LogP contribution < -0.4 is 9.08 Å². The number of hydrogen-bond acceptors (Lipinski definition) is 10. The van der Waals surface area contributed by atoms with Gasteiger partial charge < -0.3 is 23.5 Å². The van der Waals surface area contributed by atoms with E-state index in [9.17, 15) is 31.2 Å².